The predicted octanol–water partition coefficient (Wildman–Crippen LogP) is 2.27. The van der Waals surface area contributed by atoms with Crippen LogP contribution in [0.25, 0.3) is 0 Å². The van der Waals surface area contributed by atoms with Gasteiger partial charge in [-0.3, -0.25) is 14.3 Å². The molecule has 0 aromatic heterocycles. The van der Waals surface area contributed by atoms with E-state index in [1.807, 2.05) is 26.0 Å². The van der Waals surface area contributed by atoms with Crippen LogP contribution >= 0.6 is 0 Å². The van der Waals surface area contributed by atoms with E-state index in [1.54, 1.807) is 5.06 Å². The van der Waals surface area contributed by atoms with Gasteiger partial charge in [-0.1, -0.05) is 45.8 Å². The molecule has 2 saturated carbocycles. The highest BCUT2D eigenvalue weighted by atomic mass is 32.2. The third-order valence-corrected chi connectivity index (χ3v) is 7.71. The Bertz CT molecular complexity index is 731. The SMILES string of the molecule is CCCCC/C=C\[C@@H]1C[C@]1(NC(=O)[C@H](CC)N(CC)OC)C(=O)NS(=O)(=O)C1CC1. The smallest absolute Gasteiger partial charge is 0.259 e. The summed E-state index contributed by atoms with van der Waals surface area (Å²) >= 11 is 0. The van der Waals surface area contributed by atoms with Crippen molar-refractivity contribution < 1.29 is 22.8 Å². The number of nitrogens with one attached hydrogen (secondary N) is 2. The summed E-state index contributed by atoms with van der Waals surface area (Å²) < 4.78 is 26.8. The molecule has 0 aromatic rings. The van der Waals surface area contributed by atoms with Gasteiger partial charge in [0.05, 0.1) is 12.4 Å². The maximum Gasteiger partial charge on any atom is 0.259 e. The molecule has 0 aromatic carbocycles. The summed E-state index contributed by atoms with van der Waals surface area (Å²) in [6, 6.07) is -0.556. The molecular weight excluding hydrogens is 406 g/mol. The Kier molecular flexibility index (Phi) is 8.87. The molecule has 8 nitrogen and oxygen atoms in total. The highest BCUT2D eigenvalue weighted by Gasteiger charge is 2.61. The zero-order valence-electron chi connectivity index (χ0n) is 18.6. The van der Waals surface area contributed by atoms with E-state index in [2.05, 4.69) is 17.0 Å². The number of hydrogen-bond donors (Lipinski definition) is 2. The van der Waals surface area contributed by atoms with Gasteiger partial charge in [-0.2, -0.15) is 5.06 Å². The van der Waals surface area contributed by atoms with E-state index in [0.717, 1.165) is 25.7 Å². The fourth-order valence-electron chi connectivity index (χ4n) is 3.74. The minimum Gasteiger partial charge on any atom is -0.340 e. The highest BCUT2D eigenvalue weighted by molar-refractivity contribution is 7.91. The third-order valence-electron chi connectivity index (χ3n) is 5.89. The maximum atomic E-state index is 13.0. The monoisotopic (exact) mass is 443 g/mol. The van der Waals surface area contributed by atoms with E-state index >= 15 is 0 Å². The minimum absolute atomic E-state index is 0.215. The molecule has 0 spiro atoms. The summed E-state index contributed by atoms with van der Waals surface area (Å²) in [5, 5.41) is 3.92. The van der Waals surface area contributed by atoms with Crippen LogP contribution in [0.15, 0.2) is 12.2 Å². The van der Waals surface area contributed by atoms with Gasteiger partial charge in [0.15, 0.2) is 0 Å². The fourth-order valence-corrected chi connectivity index (χ4v) is 5.10. The molecule has 0 radical (unpaired) electrons. The number of carbonyl (C=O) groups excluding carboxylic acids is 2. The van der Waals surface area contributed by atoms with E-state index in [0.29, 0.717) is 32.2 Å². The number of sulfonamides is 1. The summed E-state index contributed by atoms with van der Waals surface area (Å²) in [5.74, 6) is -1.18. The molecule has 0 unspecified atom stereocenters. The lowest BCUT2D eigenvalue weighted by molar-refractivity contribution is -0.172. The van der Waals surface area contributed by atoms with Crippen molar-refractivity contribution in [3.8, 4) is 0 Å². The maximum absolute atomic E-state index is 13.0. The second-order valence-electron chi connectivity index (χ2n) is 8.21. The molecule has 2 amide bonds. The number of allylic oxidation sites excluding steroid dienone is 1. The number of likely N-dealkylation sites (N-methyl/N-ethyl adjacent to an activating group) is 1. The van der Waals surface area contributed by atoms with Crippen LogP contribution in [0.3, 0.4) is 0 Å². The van der Waals surface area contributed by atoms with Crippen molar-refractivity contribution >= 4 is 21.8 Å². The van der Waals surface area contributed by atoms with Gasteiger partial charge < -0.3 is 10.2 Å². The third kappa shape index (κ3) is 6.04. The Morgan fingerprint density at radius 1 is 1.23 bits per heavy atom. The van der Waals surface area contributed by atoms with Gasteiger partial charge in [0.2, 0.25) is 15.9 Å². The normalized spacial score (nSPS) is 24.8. The van der Waals surface area contributed by atoms with Crippen molar-refractivity contribution in [1.82, 2.24) is 15.1 Å². The number of carbonyl (C=O) groups is 2. The zero-order chi connectivity index (χ0) is 22.4. The highest BCUT2D eigenvalue weighted by Crippen LogP contribution is 2.45. The Balaban J connectivity index is 2.13. The van der Waals surface area contributed by atoms with Gasteiger partial charge in [0.1, 0.15) is 11.6 Å². The lowest BCUT2D eigenvalue weighted by Crippen LogP contribution is -2.56. The summed E-state index contributed by atoms with van der Waals surface area (Å²) in [7, 11) is -2.18. The lowest BCUT2D eigenvalue weighted by Gasteiger charge is -2.28. The summed E-state index contributed by atoms with van der Waals surface area (Å²) in [4.78, 5) is 31.3. The molecule has 3 atom stereocenters. The molecule has 2 rings (SSSR count). The Hall–Kier alpha value is -1.45. The molecule has 9 heteroatoms. The molecule has 30 heavy (non-hydrogen) atoms. The summed E-state index contributed by atoms with van der Waals surface area (Å²) in [6.45, 7) is 6.40. The van der Waals surface area contributed by atoms with E-state index in [-0.39, 0.29) is 11.8 Å². The van der Waals surface area contributed by atoms with Crippen molar-refractivity contribution in [2.75, 3.05) is 13.7 Å². The number of hydroxylamine groups is 2. The molecule has 0 saturated heterocycles. The molecule has 2 aliphatic rings. The quantitative estimate of drug-likeness (QED) is 0.242. The Morgan fingerprint density at radius 3 is 2.47 bits per heavy atom. The Morgan fingerprint density at radius 2 is 1.93 bits per heavy atom. The standard InChI is InChI=1S/C21H37N3O5S/c1-5-8-9-10-11-12-16-15-21(16,20(26)23-30(27,28)17-13-14-17)22-19(25)18(6-2)24(7-3)29-4/h11-12,16-18H,5-10,13-15H2,1-4H3,(H,22,25)(H,23,26)/b12-11-/t16-,18+,21-/m1/s1. The topological polar surface area (TPSA) is 105 Å². The van der Waals surface area contributed by atoms with Gasteiger partial charge in [0, 0.05) is 12.5 Å². The average Bonchev–Trinajstić information content (AvgIpc) is 3.61. The van der Waals surface area contributed by atoms with Gasteiger partial charge >= 0.3 is 0 Å². The van der Waals surface area contributed by atoms with Crippen molar-refractivity contribution in [2.24, 2.45) is 5.92 Å². The number of hydrogen-bond acceptors (Lipinski definition) is 6. The number of nitrogens with zero attached hydrogens (tertiary/aromatic N) is 1. The van der Waals surface area contributed by atoms with Crippen LogP contribution in [0.1, 0.15) is 72.1 Å². The summed E-state index contributed by atoms with van der Waals surface area (Å²) in [5.41, 5.74) is -1.22. The fraction of sp³-hybridized carbons (Fsp3) is 0.810. The molecule has 0 aliphatic heterocycles. The van der Waals surface area contributed by atoms with E-state index in [9.17, 15) is 18.0 Å². The first kappa shape index (κ1) is 24.8. The first-order chi connectivity index (χ1) is 14.3. The summed E-state index contributed by atoms with van der Waals surface area (Å²) in [6.07, 6.45) is 10.2. The van der Waals surface area contributed by atoms with Crippen LogP contribution in [0.4, 0.5) is 0 Å². The largest absolute Gasteiger partial charge is 0.340 e. The molecule has 2 aliphatic carbocycles. The number of amides is 2. The number of unbranched alkanes of at least 4 members (excludes halogenated alkanes) is 3. The second kappa shape index (κ2) is 10.7. The average molecular weight is 444 g/mol. The number of rotatable bonds is 14. The van der Waals surface area contributed by atoms with E-state index < -0.39 is 32.8 Å². The van der Waals surface area contributed by atoms with E-state index in [1.165, 1.54) is 7.11 Å². The second-order valence-corrected chi connectivity index (χ2v) is 10.2. The van der Waals surface area contributed by atoms with Gasteiger partial charge in [-0.15, -0.1) is 0 Å². The molecule has 172 valence electrons. The van der Waals surface area contributed by atoms with E-state index in [4.69, 9.17) is 4.84 Å². The first-order valence-corrected chi connectivity index (χ1v) is 12.7. The van der Waals surface area contributed by atoms with Crippen LogP contribution in [0.5, 0.6) is 0 Å². The zero-order valence-corrected chi connectivity index (χ0v) is 19.5. The Labute approximate surface area is 180 Å². The molecule has 2 fully saturated rings. The molecule has 2 N–H and O–H groups in total. The van der Waals surface area contributed by atoms with Crippen molar-refractivity contribution in [3.63, 3.8) is 0 Å². The van der Waals surface area contributed by atoms with Crippen molar-refractivity contribution in [3.05, 3.63) is 12.2 Å². The first-order valence-electron chi connectivity index (χ1n) is 11.1. The van der Waals surface area contributed by atoms with Crippen LogP contribution in [-0.4, -0.2) is 55.8 Å². The van der Waals surface area contributed by atoms with Gasteiger partial charge in [-0.25, -0.2) is 8.42 Å². The molecular formula is C21H37N3O5S. The van der Waals surface area contributed by atoms with Crippen LogP contribution in [0, 0.1) is 5.92 Å². The molecule has 0 heterocycles. The van der Waals surface area contributed by atoms with Crippen molar-refractivity contribution in [1.29, 1.82) is 0 Å². The predicted molar refractivity (Wildman–Crippen MR) is 116 cm³/mol. The lowest BCUT2D eigenvalue weighted by atomic mass is 10.1. The minimum atomic E-state index is -3.68. The van der Waals surface area contributed by atoms with Crippen LogP contribution < -0.4 is 10.0 Å². The van der Waals surface area contributed by atoms with Crippen molar-refractivity contribution in [2.45, 2.75) is 89.0 Å². The van der Waals surface area contributed by atoms with Crippen LogP contribution in [0.2, 0.25) is 0 Å². The molecule has 0 bridgehead atoms. The van der Waals surface area contributed by atoms with Gasteiger partial charge in [0.25, 0.3) is 5.91 Å². The van der Waals surface area contributed by atoms with Gasteiger partial charge in [-0.05, 0) is 38.5 Å². The van der Waals surface area contributed by atoms with Crippen LogP contribution in [-0.2, 0) is 24.4 Å².